The van der Waals surface area contributed by atoms with Crippen LogP contribution in [-0.2, 0) is 9.59 Å². The zero-order valence-corrected chi connectivity index (χ0v) is 18.4. The second kappa shape index (κ2) is 22.5. The molecule has 0 aromatic carbocycles. The van der Waals surface area contributed by atoms with Gasteiger partial charge >= 0.3 is 57.4 Å². The molecule has 0 heterocycles. The number of unbranched alkanes of at least 4 members (excludes halogenated alkanes) is 10. The Kier molecular flexibility index (Phi) is 27.8. The van der Waals surface area contributed by atoms with Crippen LogP contribution in [0.5, 0.6) is 0 Å². The molecule has 0 rings (SSSR count). The summed E-state index contributed by atoms with van der Waals surface area (Å²) in [5.41, 5.74) is 4.84. The monoisotopic (exact) mass is 355 g/mol. The van der Waals surface area contributed by atoms with Crippen LogP contribution in [0.2, 0.25) is 0 Å². The Labute approximate surface area is 184 Å². The van der Waals surface area contributed by atoms with E-state index < -0.39 is 18.0 Å². The first kappa shape index (κ1) is 28.3. The molecule has 0 bridgehead atoms. The Morgan fingerprint density at radius 1 is 0.913 bits per heavy atom. The van der Waals surface area contributed by atoms with E-state index in [0.29, 0.717) is 0 Å². The van der Waals surface area contributed by atoms with Crippen LogP contribution < -0.4 is 62.2 Å². The molecule has 0 radical (unpaired) electrons. The third-order valence-corrected chi connectivity index (χ3v) is 3.37. The molecule has 3 N–H and O–H groups in total. The Balaban J connectivity index is -0.000000487. The van der Waals surface area contributed by atoms with E-state index in [-0.39, 0.29) is 57.8 Å². The van der Waals surface area contributed by atoms with Crippen molar-refractivity contribution < 1.29 is 71.2 Å². The first-order valence-electron chi connectivity index (χ1n) is 8.60. The number of carboxylic acids is 2. The molecular formula is C17H34KNO4. The van der Waals surface area contributed by atoms with Gasteiger partial charge in [0.15, 0.2) is 0 Å². The van der Waals surface area contributed by atoms with E-state index in [1.54, 1.807) is 0 Å². The maximum Gasteiger partial charge on any atom is 1.00 e. The molecule has 23 heavy (non-hydrogen) atoms. The van der Waals surface area contributed by atoms with E-state index in [1.165, 1.54) is 64.7 Å². The molecule has 0 fully saturated rings. The molecule has 0 spiro atoms. The average Bonchev–Trinajstić information content (AvgIpc) is 2.45. The second-order valence-corrected chi connectivity index (χ2v) is 5.78. The summed E-state index contributed by atoms with van der Waals surface area (Å²) in [6.07, 6.45) is 14.0. The number of nitrogens with two attached hydrogens (primary N) is 1. The van der Waals surface area contributed by atoms with Gasteiger partial charge in [0, 0.05) is 5.97 Å². The van der Waals surface area contributed by atoms with Gasteiger partial charge in [-0.2, -0.15) is 0 Å². The van der Waals surface area contributed by atoms with Crippen LogP contribution in [0.3, 0.4) is 0 Å². The van der Waals surface area contributed by atoms with Crippen molar-refractivity contribution in [3.63, 3.8) is 0 Å². The van der Waals surface area contributed by atoms with Crippen LogP contribution in [-0.4, -0.2) is 23.1 Å². The largest absolute Gasteiger partial charge is 1.00 e. The topological polar surface area (TPSA) is 103 Å². The van der Waals surface area contributed by atoms with Crippen LogP contribution in [0.15, 0.2) is 0 Å². The minimum atomic E-state index is -0.963. The van der Waals surface area contributed by atoms with Gasteiger partial charge in [-0.3, -0.25) is 4.79 Å². The summed E-state index contributed by atoms with van der Waals surface area (Å²) in [4.78, 5) is 19.7. The minimum absolute atomic E-state index is 0. The molecule has 6 heteroatoms. The number of carbonyl (C=O) groups excluding carboxylic acids is 1. The zero-order chi connectivity index (χ0) is 17.2. The van der Waals surface area contributed by atoms with Crippen molar-refractivity contribution in [3.05, 3.63) is 0 Å². The zero-order valence-electron chi connectivity index (χ0n) is 15.3. The van der Waals surface area contributed by atoms with Crippen LogP contribution in [0, 0.1) is 0 Å². The fraction of sp³-hybridized carbons (Fsp3) is 0.882. The van der Waals surface area contributed by atoms with Crippen molar-refractivity contribution in [2.45, 2.75) is 96.9 Å². The van der Waals surface area contributed by atoms with E-state index >= 15 is 0 Å². The molecule has 0 aliphatic rings. The first-order chi connectivity index (χ1) is 10.4. The number of hydrogen-bond donors (Lipinski definition) is 2. The maximum atomic E-state index is 10.1. The van der Waals surface area contributed by atoms with Crippen molar-refractivity contribution in [1.29, 1.82) is 0 Å². The molecule has 5 nitrogen and oxygen atoms in total. The quantitative estimate of drug-likeness (QED) is 0.353. The van der Waals surface area contributed by atoms with Crippen LogP contribution in [0.1, 0.15) is 90.9 Å². The van der Waals surface area contributed by atoms with Crippen LogP contribution >= 0.6 is 0 Å². The van der Waals surface area contributed by atoms with Gasteiger partial charge in [0.1, 0.15) is 6.04 Å². The Morgan fingerprint density at radius 2 is 1.22 bits per heavy atom. The molecular weight excluding hydrogens is 321 g/mol. The second-order valence-electron chi connectivity index (χ2n) is 5.78. The van der Waals surface area contributed by atoms with Crippen LogP contribution in [0.25, 0.3) is 0 Å². The van der Waals surface area contributed by atoms with E-state index in [2.05, 4.69) is 6.92 Å². The molecule has 0 amide bonds. The number of aliphatic carboxylic acids is 2. The van der Waals surface area contributed by atoms with Gasteiger partial charge in [0.05, 0.1) is 0 Å². The van der Waals surface area contributed by atoms with Gasteiger partial charge in [0.25, 0.3) is 0 Å². The van der Waals surface area contributed by atoms with Crippen molar-refractivity contribution in [2.75, 3.05) is 0 Å². The van der Waals surface area contributed by atoms with Crippen molar-refractivity contribution in [3.8, 4) is 0 Å². The van der Waals surface area contributed by atoms with E-state index in [9.17, 15) is 14.7 Å². The summed E-state index contributed by atoms with van der Waals surface area (Å²) in [6.45, 7) is 3.66. The average molecular weight is 356 g/mol. The maximum absolute atomic E-state index is 10.1. The molecule has 132 valence electrons. The van der Waals surface area contributed by atoms with Gasteiger partial charge in [-0.1, -0.05) is 71.1 Å². The Bertz CT molecular complexity index is 273. The Hall–Kier alpha value is 0.536. The molecule has 0 aromatic heterocycles. The van der Waals surface area contributed by atoms with Crippen molar-refractivity contribution in [1.82, 2.24) is 0 Å². The molecule has 0 aromatic rings. The van der Waals surface area contributed by atoms with Crippen molar-refractivity contribution >= 4 is 11.9 Å². The third-order valence-electron chi connectivity index (χ3n) is 3.37. The molecule has 0 saturated heterocycles. The SMILES string of the molecule is CC(N)C(=O)O.CCCCCCCCCCCCCC(=O)[O-].[K+]. The molecule has 0 saturated carbocycles. The number of rotatable bonds is 13. The Morgan fingerprint density at radius 3 is 1.48 bits per heavy atom. The van der Waals surface area contributed by atoms with Crippen LogP contribution in [0.4, 0.5) is 0 Å². The van der Waals surface area contributed by atoms with Gasteiger partial charge in [-0.05, 0) is 19.8 Å². The predicted octanol–water partition coefficient (Wildman–Crippen LogP) is -0.140. The minimum Gasteiger partial charge on any atom is -0.550 e. The fourth-order valence-electron chi connectivity index (χ4n) is 1.93. The van der Waals surface area contributed by atoms with Gasteiger partial charge in [-0.15, -0.1) is 0 Å². The third kappa shape index (κ3) is 30.9. The predicted molar refractivity (Wildman–Crippen MR) is 87.4 cm³/mol. The van der Waals surface area contributed by atoms with Gasteiger partial charge in [0.2, 0.25) is 0 Å². The number of carbonyl (C=O) groups is 2. The molecule has 1 unspecified atom stereocenters. The standard InChI is InChI=1S/C14H28O2.C3H7NO2.K/c1-2-3-4-5-6-7-8-9-10-11-12-13-14(15)16;1-2(4)3(5)6;/h2-13H2,1H3,(H,15,16);2H,4H2,1H3,(H,5,6);/q;;+1/p-1. The van der Waals surface area contributed by atoms with Gasteiger partial charge in [-0.25, -0.2) is 0 Å². The summed E-state index contributed by atoms with van der Waals surface area (Å²) in [5, 5.41) is 18.0. The summed E-state index contributed by atoms with van der Waals surface area (Å²) < 4.78 is 0. The summed E-state index contributed by atoms with van der Waals surface area (Å²) in [5.74, 6) is -1.87. The number of carboxylic acid groups (broad SMARTS) is 2. The van der Waals surface area contributed by atoms with Crippen molar-refractivity contribution in [2.24, 2.45) is 5.73 Å². The molecule has 1 atom stereocenters. The van der Waals surface area contributed by atoms with E-state index in [1.807, 2.05) is 0 Å². The number of hydrogen-bond acceptors (Lipinski definition) is 4. The summed E-state index contributed by atoms with van der Waals surface area (Å²) >= 11 is 0. The smallest absolute Gasteiger partial charge is 0.550 e. The van der Waals surface area contributed by atoms with E-state index in [4.69, 9.17) is 10.8 Å². The summed E-state index contributed by atoms with van der Waals surface area (Å²) in [7, 11) is 0. The first-order valence-corrected chi connectivity index (χ1v) is 8.60. The van der Waals surface area contributed by atoms with E-state index in [0.717, 1.165) is 12.8 Å². The normalized spacial score (nSPS) is 10.9. The molecule has 0 aliphatic carbocycles. The summed E-state index contributed by atoms with van der Waals surface area (Å²) in [6, 6.07) is -0.731. The molecule has 0 aliphatic heterocycles. The van der Waals surface area contributed by atoms with Gasteiger partial charge < -0.3 is 20.7 Å². The fourth-order valence-corrected chi connectivity index (χ4v) is 1.93.